The lowest BCUT2D eigenvalue weighted by molar-refractivity contribution is 0.481. The van der Waals surface area contributed by atoms with Gasteiger partial charge in [-0.3, -0.25) is 9.48 Å². The molecule has 1 aromatic carbocycles. The number of benzene rings is 1. The quantitative estimate of drug-likeness (QED) is 0.629. The van der Waals surface area contributed by atoms with Crippen molar-refractivity contribution in [3.8, 4) is 0 Å². The summed E-state index contributed by atoms with van der Waals surface area (Å²) < 4.78 is 2.26. The third-order valence-corrected chi connectivity index (χ3v) is 6.27. The summed E-state index contributed by atoms with van der Waals surface area (Å²) in [6, 6.07) is 7.18. The monoisotopic (exact) mass is 392 g/mol. The van der Waals surface area contributed by atoms with Crippen LogP contribution in [0.15, 0.2) is 29.2 Å². The second kappa shape index (κ2) is 8.15. The number of aryl methyl sites for hydroxylation is 2. The van der Waals surface area contributed by atoms with Gasteiger partial charge in [-0.1, -0.05) is 32.8 Å². The SMILES string of the molecule is Cc1cc(C)c(CNCc2cc(C(C)C)cc3c2cnn3C2CCCC2)c(=O)[nH]1. The Morgan fingerprint density at radius 1 is 1.17 bits per heavy atom. The van der Waals surface area contributed by atoms with Crippen molar-refractivity contribution in [1.82, 2.24) is 20.1 Å². The van der Waals surface area contributed by atoms with Crippen LogP contribution in [-0.2, 0) is 13.1 Å². The first-order chi connectivity index (χ1) is 13.9. The van der Waals surface area contributed by atoms with E-state index >= 15 is 0 Å². The molecule has 1 fully saturated rings. The van der Waals surface area contributed by atoms with E-state index in [1.807, 2.05) is 26.1 Å². The van der Waals surface area contributed by atoms with Crippen molar-refractivity contribution >= 4 is 10.9 Å². The Morgan fingerprint density at radius 2 is 1.93 bits per heavy atom. The maximum Gasteiger partial charge on any atom is 0.252 e. The van der Waals surface area contributed by atoms with Gasteiger partial charge in [-0.25, -0.2) is 0 Å². The van der Waals surface area contributed by atoms with Crippen LogP contribution in [0.25, 0.3) is 10.9 Å². The van der Waals surface area contributed by atoms with E-state index < -0.39 is 0 Å². The number of rotatable bonds is 6. The molecule has 0 spiro atoms. The Balaban J connectivity index is 1.62. The number of nitrogens with zero attached hydrogens (tertiary/aromatic N) is 2. The largest absolute Gasteiger partial charge is 0.326 e. The summed E-state index contributed by atoms with van der Waals surface area (Å²) in [6.07, 6.45) is 7.08. The predicted octanol–water partition coefficient (Wildman–Crippen LogP) is 4.87. The van der Waals surface area contributed by atoms with Crippen LogP contribution in [0.5, 0.6) is 0 Å². The van der Waals surface area contributed by atoms with E-state index in [9.17, 15) is 4.79 Å². The van der Waals surface area contributed by atoms with E-state index in [-0.39, 0.29) is 5.56 Å². The molecule has 2 heterocycles. The molecule has 5 nitrogen and oxygen atoms in total. The summed E-state index contributed by atoms with van der Waals surface area (Å²) >= 11 is 0. The molecule has 5 heteroatoms. The fourth-order valence-corrected chi connectivity index (χ4v) is 4.58. The standard InChI is InChI=1S/C24H32N4O/c1-15(2)18-10-19(12-25-13-21-16(3)9-17(4)27-24(21)29)22-14-26-28(23(22)11-18)20-7-5-6-8-20/h9-11,14-15,20,25H,5-8,12-13H2,1-4H3,(H,27,29). The lowest BCUT2D eigenvalue weighted by Gasteiger charge is -2.15. The molecule has 0 amide bonds. The van der Waals surface area contributed by atoms with Crippen molar-refractivity contribution in [2.45, 2.75) is 78.4 Å². The van der Waals surface area contributed by atoms with Gasteiger partial charge < -0.3 is 10.3 Å². The molecule has 0 bridgehead atoms. The molecular formula is C24H32N4O. The average molecular weight is 393 g/mol. The second-order valence-corrected chi connectivity index (χ2v) is 8.84. The van der Waals surface area contributed by atoms with E-state index in [2.05, 4.69) is 41.0 Å². The number of aromatic nitrogens is 3. The number of pyridine rings is 1. The normalized spacial score (nSPS) is 15.1. The molecule has 0 radical (unpaired) electrons. The highest BCUT2D eigenvalue weighted by atomic mass is 16.1. The van der Waals surface area contributed by atoms with E-state index in [4.69, 9.17) is 5.10 Å². The Kier molecular flexibility index (Phi) is 5.59. The van der Waals surface area contributed by atoms with Gasteiger partial charge in [0.05, 0.1) is 17.8 Å². The molecule has 29 heavy (non-hydrogen) atoms. The van der Waals surface area contributed by atoms with E-state index in [0.29, 0.717) is 18.5 Å². The Hall–Kier alpha value is -2.40. The Bertz CT molecular complexity index is 1070. The molecule has 0 atom stereocenters. The van der Waals surface area contributed by atoms with E-state index in [1.54, 1.807) is 0 Å². The molecule has 2 N–H and O–H groups in total. The minimum absolute atomic E-state index is 0.00475. The van der Waals surface area contributed by atoms with Gasteiger partial charge in [0.15, 0.2) is 0 Å². The summed E-state index contributed by atoms with van der Waals surface area (Å²) in [5, 5.41) is 9.50. The zero-order valence-corrected chi connectivity index (χ0v) is 18.0. The van der Waals surface area contributed by atoms with Crippen LogP contribution in [0.3, 0.4) is 0 Å². The fourth-order valence-electron chi connectivity index (χ4n) is 4.58. The van der Waals surface area contributed by atoms with Gasteiger partial charge in [-0.2, -0.15) is 5.10 Å². The van der Waals surface area contributed by atoms with Crippen LogP contribution in [0.4, 0.5) is 0 Å². The molecule has 0 unspecified atom stereocenters. The number of nitrogens with one attached hydrogen (secondary N) is 2. The van der Waals surface area contributed by atoms with Crippen LogP contribution in [0, 0.1) is 13.8 Å². The topological polar surface area (TPSA) is 62.7 Å². The van der Waals surface area contributed by atoms with Crippen molar-refractivity contribution in [3.63, 3.8) is 0 Å². The number of fused-ring (bicyclic) bond motifs is 1. The van der Waals surface area contributed by atoms with Crippen LogP contribution >= 0.6 is 0 Å². The third kappa shape index (κ3) is 4.01. The highest BCUT2D eigenvalue weighted by molar-refractivity contribution is 5.83. The number of aromatic amines is 1. The van der Waals surface area contributed by atoms with Gasteiger partial charge in [0, 0.05) is 29.7 Å². The Morgan fingerprint density at radius 3 is 2.62 bits per heavy atom. The first kappa shape index (κ1) is 19.9. The van der Waals surface area contributed by atoms with Gasteiger partial charge in [0.2, 0.25) is 0 Å². The highest BCUT2D eigenvalue weighted by Crippen LogP contribution is 2.34. The maximum atomic E-state index is 12.3. The zero-order valence-electron chi connectivity index (χ0n) is 18.0. The molecular weight excluding hydrogens is 360 g/mol. The van der Waals surface area contributed by atoms with Gasteiger partial charge in [0.1, 0.15) is 0 Å². The molecule has 154 valence electrons. The van der Waals surface area contributed by atoms with Crippen LogP contribution < -0.4 is 10.9 Å². The van der Waals surface area contributed by atoms with Crippen molar-refractivity contribution in [3.05, 3.63) is 62.7 Å². The summed E-state index contributed by atoms with van der Waals surface area (Å²) in [5.74, 6) is 0.465. The molecule has 0 saturated heterocycles. The van der Waals surface area contributed by atoms with Crippen LogP contribution in [0.2, 0.25) is 0 Å². The minimum Gasteiger partial charge on any atom is -0.326 e. The maximum absolute atomic E-state index is 12.3. The van der Waals surface area contributed by atoms with Gasteiger partial charge >= 0.3 is 0 Å². The second-order valence-electron chi connectivity index (χ2n) is 8.84. The summed E-state index contributed by atoms with van der Waals surface area (Å²) in [7, 11) is 0. The lowest BCUT2D eigenvalue weighted by atomic mass is 9.98. The molecule has 4 rings (SSSR count). The molecule has 1 aliphatic rings. The van der Waals surface area contributed by atoms with Crippen molar-refractivity contribution in [1.29, 1.82) is 0 Å². The first-order valence-electron chi connectivity index (χ1n) is 10.8. The smallest absolute Gasteiger partial charge is 0.252 e. The molecule has 3 aromatic rings. The van der Waals surface area contributed by atoms with Crippen molar-refractivity contribution in [2.75, 3.05) is 0 Å². The van der Waals surface area contributed by atoms with Gasteiger partial charge in [-0.15, -0.1) is 0 Å². The number of hydrogen-bond acceptors (Lipinski definition) is 3. The molecule has 2 aromatic heterocycles. The van der Waals surface area contributed by atoms with Gasteiger partial charge in [-0.05, 0) is 61.4 Å². The zero-order chi connectivity index (χ0) is 20.5. The van der Waals surface area contributed by atoms with Gasteiger partial charge in [0.25, 0.3) is 5.56 Å². The Labute approximate surface area is 172 Å². The van der Waals surface area contributed by atoms with Crippen LogP contribution in [0.1, 0.15) is 79.4 Å². The summed E-state index contributed by atoms with van der Waals surface area (Å²) in [5.41, 5.74) is 6.62. The molecule has 1 saturated carbocycles. The van der Waals surface area contributed by atoms with E-state index in [1.165, 1.54) is 47.7 Å². The van der Waals surface area contributed by atoms with Crippen LogP contribution in [-0.4, -0.2) is 14.8 Å². The summed E-state index contributed by atoms with van der Waals surface area (Å²) in [4.78, 5) is 15.2. The first-order valence-corrected chi connectivity index (χ1v) is 10.8. The average Bonchev–Trinajstić information content (AvgIpc) is 3.32. The number of H-pyrrole nitrogens is 1. The van der Waals surface area contributed by atoms with Crippen molar-refractivity contribution in [2.24, 2.45) is 0 Å². The van der Waals surface area contributed by atoms with Crippen molar-refractivity contribution < 1.29 is 0 Å². The summed E-state index contributed by atoms with van der Waals surface area (Å²) in [6.45, 7) is 9.68. The van der Waals surface area contributed by atoms with E-state index in [0.717, 1.165) is 23.4 Å². The highest BCUT2D eigenvalue weighted by Gasteiger charge is 2.21. The third-order valence-electron chi connectivity index (χ3n) is 6.27. The fraction of sp³-hybridized carbons (Fsp3) is 0.500. The predicted molar refractivity (Wildman–Crippen MR) is 118 cm³/mol. The lowest BCUT2D eigenvalue weighted by Crippen LogP contribution is -2.23. The molecule has 1 aliphatic carbocycles. The molecule has 0 aliphatic heterocycles. The number of hydrogen-bond donors (Lipinski definition) is 2. The minimum atomic E-state index is 0.00475.